The van der Waals surface area contributed by atoms with Crippen LogP contribution >= 0.6 is 0 Å². The maximum atomic E-state index is 12.4. The van der Waals surface area contributed by atoms with E-state index in [4.69, 9.17) is 0 Å². The summed E-state index contributed by atoms with van der Waals surface area (Å²) in [5.74, 6) is -0.189. The quantitative estimate of drug-likeness (QED) is 0.918. The molecule has 0 bridgehead atoms. The second-order valence-electron chi connectivity index (χ2n) is 6.33. The van der Waals surface area contributed by atoms with Gasteiger partial charge in [-0.1, -0.05) is 38.2 Å². The van der Waals surface area contributed by atoms with Crippen molar-refractivity contribution in [3.63, 3.8) is 0 Å². The first-order chi connectivity index (χ1) is 10.9. The Morgan fingerprint density at radius 1 is 1.09 bits per heavy atom. The first-order valence-electron chi connectivity index (χ1n) is 8.25. The number of hydrogen-bond acceptors (Lipinski definition) is 3. The van der Waals surface area contributed by atoms with E-state index in [0.29, 0.717) is 5.56 Å². The average molecular weight is 338 g/mol. The fourth-order valence-corrected chi connectivity index (χ4v) is 3.83. The summed E-state index contributed by atoms with van der Waals surface area (Å²) in [4.78, 5) is 12.6. The lowest BCUT2D eigenvalue weighted by Gasteiger charge is -2.21. The van der Waals surface area contributed by atoms with Gasteiger partial charge in [-0.3, -0.25) is 4.79 Å². The Labute approximate surface area is 139 Å². The minimum Gasteiger partial charge on any atom is -0.349 e. The van der Waals surface area contributed by atoms with Gasteiger partial charge in [-0.2, -0.15) is 0 Å². The van der Waals surface area contributed by atoms with Gasteiger partial charge in [0, 0.05) is 25.7 Å². The number of nitrogens with one attached hydrogen (secondary N) is 1. The standard InChI is InChI=1S/C17H26N2O3S/c1-19(2)23(21,22)16-12-8-9-14(13-16)17(20)18-15-10-6-4-3-5-7-11-15/h8-9,12-13,15H,3-7,10-11H2,1-2H3,(H,18,20). The third kappa shape index (κ3) is 4.78. The van der Waals surface area contributed by atoms with Crippen LogP contribution < -0.4 is 5.32 Å². The topological polar surface area (TPSA) is 66.5 Å². The van der Waals surface area contributed by atoms with Crippen LogP contribution in [0.4, 0.5) is 0 Å². The van der Waals surface area contributed by atoms with Crippen LogP contribution in [0.25, 0.3) is 0 Å². The van der Waals surface area contributed by atoms with Crippen molar-refractivity contribution in [3.8, 4) is 0 Å². The number of rotatable bonds is 4. The van der Waals surface area contributed by atoms with Gasteiger partial charge in [-0.25, -0.2) is 12.7 Å². The number of benzene rings is 1. The number of amides is 1. The van der Waals surface area contributed by atoms with Crippen LogP contribution in [0.5, 0.6) is 0 Å². The summed E-state index contributed by atoms with van der Waals surface area (Å²) < 4.78 is 25.5. The highest BCUT2D eigenvalue weighted by Gasteiger charge is 2.20. The van der Waals surface area contributed by atoms with Crippen molar-refractivity contribution in [2.45, 2.75) is 55.9 Å². The van der Waals surface area contributed by atoms with Gasteiger partial charge in [0.1, 0.15) is 0 Å². The molecule has 1 aromatic rings. The molecule has 1 aromatic carbocycles. The van der Waals surface area contributed by atoms with Crippen molar-refractivity contribution in [2.24, 2.45) is 0 Å². The summed E-state index contributed by atoms with van der Waals surface area (Å²) in [7, 11) is -0.558. The molecular weight excluding hydrogens is 312 g/mol. The molecule has 5 nitrogen and oxygen atoms in total. The minimum absolute atomic E-state index is 0.146. The van der Waals surface area contributed by atoms with Crippen LogP contribution in [0, 0.1) is 0 Å². The van der Waals surface area contributed by atoms with Crippen LogP contribution in [0.2, 0.25) is 0 Å². The van der Waals surface area contributed by atoms with Crippen LogP contribution in [0.1, 0.15) is 55.3 Å². The third-order valence-corrected chi connectivity index (χ3v) is 6.13. The molecule has 2 rings (SSSR count). The van der Waals surface area contributed by atoms with Crippen LogP contribution in [0.3, 0.4) is 0 Å². The lowest BCUT2D eigenvalue weighted by Crippen LogP contribution is -2.35. The molecule has 1 fully saturated rings. The molecule has 1 aliphatic rings. The number of carbonyl (C=O) groups is 1. The zero-order chi connectivity index (χ0) is 16.9. The van der Waals surface area contributed by atoms with Gasteiger partial charge >= 0.3 is 0 Å². The largest absolute Gasteiger partial charge is 0.349 e. The third-order valence-electron chi connectivity index (χ3n) is 4.32. The van der Waals surface area contributed by atoms with Crippen LogP contribution in [-0.2, 0) is 10.0 Å². The van der Waals surface area contributed by atoms with Gasteiger partial charge in [-0.15, -0.1) is 0 Å². The predicted octanol–water partition coefficient (Wildman–Crippen LogP) is 2.78. The van der Waals surface area contributed by atoms with Gasteiger partial charge in [-0.05, 0) is 31.0 Å². The number of carbonyl (C=O) groups excluding carboxylic acids is 1. The van der Waals surface area contributed by atoms with Crippen molar-refractivity contribution in [1.82, 2.24) is 9.62 Å². The second-order valence-corrected chi connectivity index (χ2v) is 8.48. The van der Waals surface area contributed by atoms with Gasteiger partial charge in [0.15, 0.2) is 0 Å². The maximum absolute atomic E-state index is 12.4. The second kappa shape index (κ2) is 7.93. The summed E-state index contributed by atoms with van der Waals surface area (Å²) in [5, 5.41) is 3.06. The molecule has 0 aromatic heterocycles. The van der Waals surface area contributed by atoms with Crippen molar-refractivity contribution >= 4 is 15.9 Å². The van der Waals surface area contributed by atoms with E-state index in [1.807, 2.05) is 0 Å². The molecule has 0 spiro atoms. The molecular formula is C17H26N2O3S. The molecule has 1 aliphatic carbocycles. The fourth-order valence-electron chi connectivity index (χ4n) is 2.88. The Balaban J connectivity index is 2.10. The highest BCUT2D eigenvalue weighted by atomic mass is 32.2. The van der Waals surface area contributed by atoms with E-state index in [-0.39, 0.29) is 16.8 Å². The normalized spacial score (nSPS) is 17.5. The highest BCUT2D eigenvalue weighted by molar-refractivity contribution is 7.89. The van der Waals surface area contributed by atoms with Crippen LogP contribution in [-0.4, -0.2) is 38.8 Å². The molecule has 0 heterocycles. The van der Waals surface area contributed by atoms with Gasteiger partial charge in [0.25, 0.3) is 5.91 Å². The summed E-state index contributed by atoms with van der Waals surface area (Å²) in [6.07, 6.45) is 8.01. The van der Waals surface area contributed by atoms with Gasteiger partial charge < -0.3 is 5.32 Å². The molecule has 23 heavy (non-hydrogen) atoms. The zero-order valence-corrected chi connectivity index (χ0v) is 14.7. The molecule has 0 atom stereocenters. The van der Waals surface area contributed by atoms with E-state index in [1.54, 1.807) is 12.1 Å². The lowest BCUT2D eigenvalue weighted by atomic mass is 9.96. The van der Waals surface area contributed by atoms with Gasteiger partial charge in [0.2, 0.25) is 10.0 Å². The smallest absolute Gasteiger partial charge is 0.251 e. The van der Waals surface area contributed by atoms with E-state index in [2.05, 4.69) is 5.32 Å². The molecule has 1 amide bonds. The highest BCUT2D eigenvalue weighted by Crippen LogP contribution is 2.19. The molecule has 128 valence electrons. The van der Waals surface area contributed by atoms with Crippen molar-refractivity contribution < 1.29 is 13.2 Å². The Morgan fingerprint density at radius 3 is 2.30 bits per heavy atom. The van der Waals surface area contributed by atoms with Crippen LogP contribution in [0.15, 0.2) is 29.2 Å². The van der Waals surface area contributed by atoms with Crippen molar-refractivity contribution in [2.75, 3.05) is 14.1 Å². The number of nitrogens with zero attached hydrogens (tertiary/aromatic N) is 1. The van der Waals surface area contributed by atoms with E-state index >= 15 is 0 Å². The zero-order valence-electron chi connectivity index (χ0n) is 13.9. The van der Waals surface area contributed by atoms with Gasteiger partial charge in [0.05, 0.1) is 4.90 Å². The minimum atomic E-state index is -3.52. The van der Waals surface area contributed by atoms with Crippen molar-refractivity contribution in [1.29, 1.82) is 0 Å². The first kappa shape index (κ1) is 17.9. The number of sulfonamides is 1. The fraction of sp³-hybridized carbons (Fsp3) is 0.588. The summed E-state index contributed by atoms with van der Waals surface area (Å²) in [6.45, 7) is 0. The Hall–Kier alpha value is -1.40. The predicted molar refractivity (Wildman–Crippen MR) is 90.9 cm³/mol. The summed E-state index contributed by atoms with van der Waals surface area (Å²) in [6, 6.07) is 6.43. The molecule has 0 saturated heterocycles. The van der Waals surface area contributed by atoms with Crippen molar-refractivity contribution in [3.05, 3.63) is 29.8 Å². The van der Waals surface area contributed by atoms with E-state index in [9.17, 15) is 13.2 Å². The molecule has 1 saturated carbocycles. The molecule has 0 radical (unpaired) electrons. The van der Waals surface area contributed by atoms with E-state index < -0.39 is 10.0 Å². The average Bonchev–Trinajstić information content (AvgIpc) is 2.49. The number of hydrogen-bond donors (Lipinski definition) is 1. The Kier molecular flexibility index (Phi) is 6.18. The lowest BCUT2D eigenvalue weighted by molar-refractivity contribution is 0.0930. The summed E-state index contributed by atoms with van der Waals surface area (Å²) in [5.41, 5.74) is 0.398. The first-order valence-corrected chi connectivity index (χ1v) is 9.69. The maximum Gasteiger partial charge on any atom is 0.251 e. The Morgan fingerprint density at radius 2 is 1.70 bits per heavy atom. The SMILES string of the molecule is CN(C)S(=O)(=O)c1cccc(C(=O)NC2CCCCCCC2)c1. The molecule has 6 heteroatoms. The van der Waals surface area contributed by atoms with E-state index in [1.165, 1.54) is 45.5 Å². The Bertz CT molecular complexity index is 633. The molecule has 0 aliphatic heterocycles. The van der Waals surface area contributed by atoms with E-state index in [0.717, 1.165) is 30.0 Å². The monoisotopic (exact) mass is 338 g/mol. The molecule has 1 N–H and O–H groups in total. The summed E-state index contributed by atoms with van der Waals surface area (Å²) >= 11 is 0. The molecule has 0 unspecified atom stereocenters.